The van der Waals surface area contributed by atoms with Crippen molar-refractivity contribution in [3.8, 4) is 0 Å². The van der Waals surface area contributed by atoms with Gasteiger partial charge in [0, 0.05) is 18.4 Å². The molecule has 3 N–H and O–H groups in total. The van der Waals surface area contributed by atoms with E-state index < -0.39 is 0 Å². The van der Waals surface area contributed by atoms with Crippen molar-refractivity contribution in [2.45, 2.75) is 25.8 Å². The molecule has 1 aliphatic carbocycles. The van der Waals surface area contributed by atoms with Gasteiger partial charge in [0.25, 0.3) is 0 Å². The molecule has 1 aromatic carbocycles. The Balaban J connectivity index is 0.00000192. The number of aromatic nitrogens is 1. The van der Waals surface area contributed by atoms with E-state index in [0.29, 0.717) is 22.7 Å². The fraction of sp³-hybridized carbons (Fsp3) is 0.312. The second-order valence-corrected chi connectivity index (χ2v) is 6.26. The Kier molecular flexibility index (Phi) is 6.22. The molecule has 23 heavy (non-hydrogen) atoms. The van der Waals surface area contributed by atoms with E-state index in [0.717, 1.165) is 17.8 Å². The van der Waals surface area contributed by atoms with Crippen LogP contribution in [-0.4, -0.2) is 10.5 Å². The summed E-state index contributed by atoms with van der Waals surface area (Å²) in [7, 11) is 1.85. The normalized spacial score (nSPS) is 13.6. The first-order valence-electron chi connectivity index (χ1n) is 7.23. The summed E-state index contributed by atoms with van der Waals surface area (Å²) in [6.07, 6.45) is 3.55. The van der Waals surface area contributed by atoms with Crippen molar-refractivity contribution in [2.75, 3.05) is 5.32 Å². The molecule has 0 saturated heterocycles. The van der Waals surface area contributed by atoms with Gasteiger partial charge in [0.15, 0.2) is 5.96 Å². The summed E-state index contributed by atoms with van der Waals surface area (Å²) in [6.45, 7) is 0.423. The van der Waals surface area contributed by atoms with Crippen molar-refractivity contribution in [3.05, 3.63) is 51.3 Å². The summed E-state index contributed by atoms with van der Waals surface area (Å²) in [5, 5.41) is 4.17. The van der Waals surface area contributed by atoms with E-state index >= 15 is 0 Å². The number of anilines is 1. The van der Waals surface area contributed by atoms with Gasteiger partial charge in [-0.25, -0.2) is 4.99 Å². The zero-order valence-electron chi connectivity index (χ0n) is 12.8. The summed E-state index contributed by atoms with van der Waals surface area (Å²) >= 11 is 12.0. The third-order valence-corrected chi connectivity index (χ3v) is 4.84. The number of nitrogens with two attached hydrogens (primary N) is 1. The Labute approximate surface area is 163 Å². The van der Waals surface area contributed by atoms with E-state index in [9.17, 15) is 0 Å². The van der Waals surface area contributed by atoms with Crippen molar-refractivity contribution in [2.24, 2.45) is 17.8 Å². The Hall–Kier alpha value is -0.920. The average molecular weight is 465 g/mol. The van der Waals surface area contributed by atoms with Crippen LogP contribution in [0.25, 0.3) is 0 Å². The van der Waals surface area contributed by atoms with Gasteiger partial charge >= 0.3 is 0 Å². The molecule has 4 nitrogen and oxygen atoms in total. The van der Waals surface area contributed by atoms with Gasteiger partial charge in [-0.15, -0.1) is 24.0 Å². The van der Waals surface area contributed by atoms with Gasteiger partial charge in [0.1, 0.15) is 5.15 Å². The number of nitrogens with zero attached hydrogens (tertiary/aromatic N) is 2. The van der Waals surface area contributed by atoms with E-state index in [2.05, 4.69) is 22.4 Å². The number of aryl methyl sites for hydroxylation is 2. The van der Waals surface area contributed by atoms with Gasteiger partial charge < -0.3 is 15.6 Å². The smallest absolute Gasteiger partial charge is 0.193 e. The topological polar surface area (TPSA) is 55.3 Å². The minimum absolute atomic E-state index is 0. The van der Waals surface area contributed by atoms with Crippen molar-refractivity contribution in [1.82, 2.24) is 4.57 Å². The number of hydrogen-bond donors (Lipinski definition) is 2. The molecule has 7 heteroatoms. The molecular weight excluding hydrogens is 446 g/mol. The number of guanidine groups is 1. The highest BCUT2D eigenvalue weighted by Crippen LogP contribution is 2.26. The molecule has 0 aliphatic heterocycles. The number of hydrogen-bond acceptors (Lipinski definition) is 1. The summed E-state index contributed by atoms with van der Waals surface area (Å²) in [6, 6.07) is 8.16. The predicted octanol–water partition coefficient (Wildman–Crippen LogP) is 4.37. The van der Waals surface area contributed by atoms with Gasteiger partial charge in [0.2, 0.25) is 0 Å². The van der Waals surface area contributed by atoms with Crippen LogP contribution in [0.15, 0.2) is 29.3 Å². The van der Waals surface area contributed by atoms with Crippen LogP contribution in [0.5, 0.6) is 0 Å². The lowest BCUT2D eigenvalue weighted by Gasteiger charge is -2.08. The quantitative estimate of drug-likeness (QED) is 0.402. The van der Waals surface area contributed by atoms with Gasteiger partial charge in [0.05, 0.1) is 11.6 Å². The summed E-state index contributed by atoms with van der Waals surface area (Å²) in [4.78, 5) is 4.34. The van der Waals surface area contributed by atoms with E-state index in [4.69, 9.17) is 28.9 Å². The van der Waals surface area contributed by atoms with E-state index in [1.807, 2.05) is 13.1 Å². The van der Waals surface area contributed by atoms with Crippen LogP contribution in [0, 0.1) is 0 Å². The molecule has 1 heterocycles. The molecule has 2 aromatic rings. The lowest BCUT2D eigenvalue weighted by Crippen LogP contribution is -2.22. The van der Waals surface area contributed by atoms with Crippen molar-refractivity contribution >= 4 is 58.8 Å². The molecule has 1 aromatic heterocycles. The Morgan fingerprint density at radius 1 is 1.26 bits per heavy atom. The number of fused-ring (bicyclic) bond motifs is 1. The highest BCUT2D eigenvalue weighted by molar-refractivity contribution is 14.0. The SMILES string of the molecule is Cn1c(CN=C(N)Nc2ccc3c(c2)CCC3)cc(Cl)c1Cl.I. The second kappa shape index (κ2) is 7.77. The molecule has 3 rings (SSSR count). The maximum atomic E-state index is 6.03. The number of benzene rings is 1. The van der Waals surface area contributed by atoms with Crippen LogP contribution in [0.1, 0.15) is 23.2 Å². The molecule has 0 atom stereocenters. The lowest BCUT2D eigenvalue weighted by atomic mass is 10.1. The third kappa shape index (κ3) is 4.14. The first-order chi connectivity index (χ1) is 10.5. The summed E-state index contributed by atoms with van der Waals surface area (Å²) in [5.41, 5.74) is 10.7. The van der Waals surface area contributed by atoms with Crippen molar-refractivity contribution < 1.29 is 0 Å². The number of nitrogens with one attached hydrogen (secondary N) is 1. The third-order valence-electron chi connectivity index (χ3n) is 4.00. The molecule has 0 radical (unpaired) electrons. The van der Waals surface area contributed by atoms with Gasteiger partial charge in [-0.1, -0.05) is 29.3 Å². The minimum Gasteiger partial charge on any atom is -0.370 e. The number of aliphatic imine (C=N–C) groups is 1. The molecule has 0 unspecified atom stereocenters. The lowest BCUT2D eigenvalue weighted by molar-refractivity contribution is 0.825. The molecule has 0 bridgehead atoms. The first-order valence-corrected chi connectivity index (χ1v) is 7.98. The van der Waals surface area contributed by atoms with E-state index in [1.54, 1.807) is 10.6 Å². The zero-order valence-corrected chi connectivity index (χ0v) is 16.6. The maximum absolute atomic E-state index is 6.03. The van der Waals surface area contributed by atoms with Gasteiger partial charge in [-0.05, 0) is 48.6 Å². The van der Waals surface area contributed by atoms with Crippen molar-refractivity contribution in [1.29, 1.82) is 0 Å². The minimum atomic E-state index is 0. The molecule has 0 amide bonds. The monoisotopic (exact) mass is 464 g/mol. The largest absolute Gasteiger partial charge is 0.370 e. The van der Waals surface area contributed by atoms with Crippen LogP contribution in [0.4, 0.5) is 5.69 Å². The fourth-order valence-corrected chi connectivity index (χ4v) is 3.16. The summed E-state index contributed by atoms with van der Waals surface area (Å²) in [5.74, 6) is 0.381. The van der Waals surface area contributed by atoms with Crippen molar-refractivity contribution in [3.63, 3.8) is 0 Å². The Morgan fingerprint density at radius 3 is 2.70 bits per heavy atom. The molecule has 0 spiro atoms. The van der Waals surface area contributed by atoms with Crippen LogP contribution >= 0.6 is 47.2 Å². The van der Waals surface area contributed by atoms with Crippen LogP contribution in [-0.2, 0) is 26.4 Å². The highest BCUT2D eigenvalue weighted by atomic mass is 127. The first kappa shape index (κ1) is 18.4. The highest BCUT2D eigenvalue weighted by Gasteiger charge is 2.11. The molecule has 1 aliphatic rings. The maximum Gasteiger partial charge on any atom is 0.193 e. The molecular formula is C16H19Cl2IN4. The standard InChI is InChI=1S/C16H18Cl2N4.HI/c1-22-13(8-14(17)15(22)18)9-20-16(19)21-12-6-5-10-3-2-4-11(10)7-12;/h5-8H,2-4,9H2,1H3,(H3,19,20,21);1H. The summed E-state index contributed by atoms with van der Waals surface area (Å²) < 4.78 is 1.80. The van der Waals surface area contributed by atoms with E-state index in [1.165, 1.54) is 24.0 Å². The van der Waals surface area contributed by atoms with E-state index in [-0.39, 0.29) is 24.0 Å². The van der Waals surface area contributed by atoms with Crippen LogP contribution in [0.2, 0.25) is 10.2 Å². The van der Waals surface area contributed by atoms with Crippen LogP contribution < -0.4 is 11.1 Å². The molecule has 0 fully saturated rings. The average Bonchev–Trinajstić information content (AvgIpc) is 3.05. The second-order valence-electron chi connectivity index (χ2n) is 5.50. The van der Waals surface area contributed by atoms with Gasteiger partial charge in [-0.3, -0.25) is 0 Å². The molecule has 124 valence electrons. The zero-order chi connectivity index (χ0) is 15.7. The Morgan fingerprint density at radius 2 is 2.00 bits per heavy atom. The van der Waals surface area contributed by atoms with Gasteiger partial charge in [-0.2, -0.15) is 0 Å². The predicted molar refractivity (Wildman–Crippen MR) is 108 cm³/mol. The number of halogens is 3. The molecule has 0 saturated carbocycles. The fourth-order valence-electron chi connectivity index (χ4n) is 2.74. The Bertz CT molecular complexity index is 740. The number of rotatable bonds is 3. The van der Waals surface area contributed by atoms with Crippen LogP contribution in [0.3, 0.4) is 0 Å².